The van der Waals surface area contributed by atoms with Crippen LogP contribution in [0.15, 0.2) is 65.4 Å². The fraction of sp³-hybridized carbons (Fsp3) is 0.158. The summed E-state index contributed by atoms with van der Waals surface area (Å²) in [6.07, 6.45) is 2.23. The number of carbonyl (C=O) groups is 1. The van der Waals surface area contributed by atoms with Gasteiger partial charge in [0.1, 0.15) is 24.2 Å². The van der Waals surface area contributed by atoms with Crippen LogP contribution in [-0.2, 0) is 6.61 Å². The molecule has 3 aromatic rings. The molecule has 0 spiro atoms. The summed E-state index contributed by atoms with van der Waals surface area (Å²) in [5.74, 6) is 0.870. The number of benzene rings is 1. The first-order valence-corrected chi connectivity index (χ1v) is 8.58. The Morgan fingerprint density at radius 2 is 2.15 bits per heavy atom. The molecule has 1 aromatic carbocycles. The maximum absolute atomic E-state index is 11.9. The Balaban J connectivity index is 1.50. The van der Waals surface area contributed by atoms with E-state index in [-0.39, 0.29) is 6.54 Å². The van der Waals surface area contributed by atoms with Crippen LogP contribution in [0, 0.1) is 0 Å². The van der Waals surface area contributed by atoms with Gasteiger partial charge in [0, 0.05) is 11.9 Å². The highest BCUT2D eigenvalue weighted by Crippen LogP contribution is 2.28. The van der Waals surface area contributed by atoms with Crippen LogP contribution in [0.4, 0.5) is 10.5 Å². The van der Waals surface area contributed by atoms with Crippen molar-refractivity contribution in [2.45, 2.75) is 12.7 Å². The number of hydrogen-bond donors (Lipinski definition) is 3. The van der Waals surface area contributed by atoms with Crippen molar-refractivity contribution in [2.75, 3.05) is 11.9 Å². The molecular weight excluding hydrogens is 370 g/mol. The molecule has 0 radical (unpaired) electrons. The van der Waals surface area contributed by atoms with Crippen LogP contribution in [0.3, 0.4) is 0 Å². The van der Waals surface area contributed by atoms with Crippen LogP contribution in [0.5, 0.6) is 5.75 Å². The second kappa shape index (κ2) is 9.07. The molecule has 7 nitrogen and oxygen atoms in total. The first-order valence-electron chi connectivity index (χ1n) is 8.20. The Bertz CT molecular complexity index is 872. The van der Waals surface area contributed by atoms with E-state index in [2.05, 4.69) is 15.6 Å². The summed E-state index contributed by atoms with van der Waals surface area (Å²) in [5, 5.41) is 15.4. The number of pyridine rings is 1. The molecule has 0 aliphatic heterocycles. The molecule has 0 aliphatic rings. The predicted octanol–water partition coefficient (Wildman–Crippen LogP) is 3.76. The van der Waals surface area contributed by atoms with Crippen molar-refractivity contribution in [3.8, 4) is 5.75 Å². The Hall–Kier alpha value is -3.03. The van der Waals surface area contributed by atoms with Gasteiger partial charge < -0.3 is 24.9 Å². The van der Waals surface area contributed by atoms with Gasteiger partial charge in [0.25, 0.3) is 0 Å². The number of amides is 2. The van der Waals surface area contributed by atoms with E-state index in [0.717, 1.165) is 5.69 Å². The Morgan fingerprint density at radius 3 is 2.85 bits per heavy atom. The number of hydrogen-bond acceptors (Lipinski definition) is 5. The molecule has 140 valence electrons. The number of aliphatic hydroxyl groups is 1. The van der Waals surface area contributed by atoms with Gasteiger partial charge in [-0.25, -0.2) is 4.79 Å². The number of halogens is 1. The normalized spacial score (nSPS) is 11.6. The lowest BCUT2D eigenvalue weighted by Gasteiger charge is -2.12. The zero-order chi connectivity index (χ0) is 19.1. The van der Waals surface area contributed by atoms with Gasteiger partial charge in [-0.15, -0.1) is 0 Å². The van der Waals surface area contributed by atoms with E-state index < -0.39 is 12.1 Å². The number of furan rings is 1. The lowest BCUT2D eigenvalue weighted by atomic mass is 10.3. The van der Waals surface area contributed by atoms with E-state index in [1.165, 1.54) is 6.26 Å². The molecule has 0 fully saturated rings. The predicted molar refractivity (Wildman–Crippen MR) is 101 cm³/mol. The van der Waals surface area contributed by atoms with Crippen LogP contribution in [0.1, 0.15) is 17.6 Å². The summed E-state index contributed by atoms with van der Waals surface area (Å²) in [7, 11) is 0. The number of anilines is 1. The fourth-order valence-corrected chi connectivity index (χ4v) is 2.51. The third-order valence-electron chi connectivity index (χ3n) is 3.62. The Labute approximate surface area is 160 Å². The number of urea groups is 1. The lowest BCUT2D eigenvalue weighted by Crippen LogP contribution is -2.32. The quantitative estimate of drug-likeness (QED) is 0.573. The highest BCUT2D eigenvalue weighted by Gasteiger charge is 2.12. The molecule has 0 saturated carbocycles. The molecule has 0 aliphatic carbocycles. The Morgan fingerprint density at radius 1 is 1.26 bits per heavy atom. The van der Waals surface area contributed by atoms with Crippen molar-refractivity contribution in [3.63, 3.8) is 0 Å². The van der Waals surface area contributed by atoms with Gasteiger partial charge in [-0.1, -0.05) is 17.7 Å². The largest absolute Gasteiger partial charge is 0.486 e. The van der Waals surface area contributed by atoms with Crippen molar-refractivity contribution in [1.82, 2.24) is 10.3 Å². The molecule has 2 amide bonds. The monoisotopic (exact) mass is 387 g/mol. The lowest BCUT2D eigenvalue weighted by molar-refractivity contribution is 0.149. The van der Waals surface area contributed by atoms with E-state index in [9.17, 15) is 9.90 Å². The van der Waals surface area contributed by atoms with Crippen LogP contribution in [0.2, 0.25) is 5.02 Å². The highest BCUT2D eigenvalue weighted by molar-refractivity contribution is 6.32. The van der Waals surface area contributed by atoms with Gasteiger partial charge in [0.2, 0.25) is 0 Å². The standard InChI is InChI=1S/C19H18ClN3O4/c20-15-10-13(6-7-17(15)27-12-14-4-1-2-8-21-14)23-19(25)22-11-16(24)18-5-3-9-26-18/h1-10,16,24H,11-12H2,(H2,22,23,25). The minimum Gasteiger partial charge on any atom is -0.486 e. The molecule has 0 saturated heterocycles. The molecule has 1 atom stereocenters. The van der Waals surface area contributed by atoms with E-state index in [1.54, 1.807) is 36.5 Å². The first-order chi connectivity index (χ1) is 13.1. The number of nitrogens with zero attached hydrogens (tertiary/aromatic N) is 1. The van der Waals surface area contributed by atoms with Crippen LogP contribution in [-0.4, -0.2) is 22.7 Å². The summed E-state index contributed by atoms with van der Waals surface area (Å²) < 4.78 is 10.7. The van der Waals surface area contributed by atoms with Crippen molar-refractivity contribution in [3.05, 3.63) is 77.5 Å². The van der Waals surface area contributed by atoms with E-state index in [1.807, 2.05) is 18.2 Å². The van der Waals surface area contributed by atoms with E-state index >= 15 is 0 Å². The Kier molecular flexibility index (Phi) is 6.30. The minimum atomic E-state index is -0.920. The van der Waals surface area contributed by atoms with Crippen molar-refractivity contribution in [2.24, 2.45) is 0 Å². The van der Waals surface area contributed by atoms with E-state index in [4.69, 9.17) is 20.8 Å². The van der Waals surface area contributed by atoms with Crippen molar-refractivity contribution < 1.29 is 19.1 Å². The molecule has 2 aromatic heterocycles. The summed E-state index contributed by atoms with van der Waals surface area (Å²) in [6.45, 7) is 0.302. The zero-order valence-electron chi connectivity index (χ0n) is 14.3. The van der Waals surface area contributed by atoms with Crippen LogP contribution >= 0.6 is 11.6 Å². The third kappa shape index (κ3) is 5.47. The first kappa shape index (κ1) is 18.8. The fourth-order valence-electron chi connectivity index (χ4n) is 2.28. The number of aliphatic hydroxyl groups excluding tert-OH is 1. The molecular formula is C19H18ClN3O4. The van der Waals surface area contributed by atoms with Crippen molar-refractivity contribution >= 4 is 23.3 Å². The molecule has 1 unspecified atom stereocenters. The van der Waals surface area contributed by atoms with Gasteiger partial charge >= 0.3 is 6.03 Å². The smallest absolute Gasteiger partial charge is 0.319 e. The number of nitrogens with one attached hydrogen (secondary N) is 2. The summed E-state index contributed by atoms with van der Waals surface area (Å²) in [6, 6.07) is 13.3. The average molecular weight is 388 g/mol. The van der Waals surface area contributed by atoms with Crippen LogP contribution in [0.25, 0.3) is 0 Å². The molecule has 2 heterocycles. The number of carbonyl (C=O) groups excluding carboxylic acids is 1. The topological polar surface area (TPSA) is 96.6 Å². The second-order valence-electron chi connectivity index (χ2n) is 5.62. The van der Waals surface area contributed by atoms with Crippen LogP contribution < -0.4 is 15.4 Å². The second-order valence-corrected chi connectivity index (χ2v) is 6.03. The molecule has 3 rings (SSSR count). The molecule has 8 heteroatoms. The molecule has 3 N–H and O–H groups in total. The number of ether oxygens (including phenoxy) is 1. The average Bonchev–Trinajstić information content (AvgIpc) is 3.21. The zero-order valence-corrected chi connectivity index (χ0v) is 15.0. The minimum absolute atomic E-state index is 0.0123. The van der Waals surface area contributed by atoms with Gasteiger partial charge in [-0.2, -0.15) is 0 Å². The maximum Gasteiger partial charge on any atom is 0.319 e. The third-order valence-corrected chi connectivity index (χ3v) is 3.91. The van der Waals surface area contributed by atoms with Gasteiger partial charge in [0.15, 0.2) is 0 Å². The summed E-state index contributed by atoms with van der Waals surface area (Å²) >= 11 is 6.20. The van der Waals surface area contributed by atoms with Gasteiger partial charge in [0.05, 0.1) is 23.5 Å². The van der Waals surface area contributed by atoms with Crippen molar-refractivity contribution in [1.29, 1.82) is 0 Å². The summed E-state index contributed by atoms with van der Waals surface area (Å²) in [5.41, 5.74) is 1.28. The molecule has 0 bridgehead atoms. The van der Waals surface area contributed by atoms with Gasteiger partial charge in [-0.05, 0) is 42.5 Å². The summed E-state index contributed by atoms with van der Waals surface area (Å²) in [4.78, 5) is 16.1. The maximum atomic E-state index is 11.9. The number of rotatable bonds is 7. The van der Waals surface area contributed by atoms with E-state index in [0.29, 0.717) is 28.8 Å². The highest BCUT2D eigenvalue weighted by atomic mass is 35.5. The van der Waals surface area contributed by atoms with Gasteiger partial charge in [-0.3, -0.25) is 4.98 Å². The number of aromatic nitrogens is 1. The SMILES string of the molecule is O=C(NCC(O)c1ccco1)Nc1ccc(OCc2ccccn2)c(Cl)c1. The molecule has 27 heavy (non-hydrogen) atoms.